The molecule has 1 atom stereocenters. The van der Waals surface area contributed by atoms with Crippen molar-refractivity contribution in [2.45, 2.75) is 13.3 Å². The Morgan fingerprint density at radius 2 is 1.94 bits per heavy atom. The van der Waals surface area contributed by atoms with Gasteiger partial charge in [0.1, 0.15) is 0 Å². The van der Waals surface area contributed by atoms with Gasteiger partial charge >= 0.3 is 0 Å². The third-order valence-corrected chi connectivity index (χ3v) is 3.37. The zero-order valence-corrected chi connectivity index (χ0v) is 9.81. The van der Waals surface area contributed by atoms with Crippen LogP contribution in [0.15, 0.2) is 42.5 Å². The largest absolute Gasteiger partial charge is 0.294 e. The average Bonchev–Trinajstić information content (AvgIpc) is 2.49. The van der Waals surface area contributed by atoms with Crippen LogP contribution in [0.5, 0.6) is 0 Å². The summed E-state index contributed by atoms with van der Waals surface area (Å²) in [6, 6.07) is 12.2. The quantitative estimate of drug-likeness (QED) is 0.656. The Bertz CT molecular complexity index is 622. The van der Waals surface area contributed by atoms with Gasteiger partial charge in [0.05, 0.1) is 0 Å². The Kier molecular flexibility index (Phi) is 2.32. The van der Waals surface area contributed by atoms with Gasteiger partial charge in [0.25, 0.3) is 0 Å². The molecule has 0 saturated carbocycles. The maximum Gasteiger partial charge on any atom is 0.164 e. The lowest BCUT2D eigenvalue weighted by atomic mass is 9.96. The summed E-state index contributed by atoms with van der Waals surface area (Å²) in [5.41, 5.74) is 1.95. The van der Waals surface area contributed by atoms with Gasteiger partial charge < -0.3 is 0 Å². The van der Waals surface area contributed by atoms with Crippen LogP contribution in [0.3, 0.4) is 0 Å². The van der Waals surface area contributed by atoms with Gasteiger partial charge in [0, 0.05) is 12.0 Å². The molecule has 1 heteroatoms. The van der Waals surface area contributed by atoms with E-state index in [4.69, 9.17) is 0 Å². The lowest BCUT2D eigenvalue weighted by Crippen LogP contribution is -2.03. The molecule has 0 amide bonds. The van der Waals surface area contributed by atoms with Crippen LogP contribution in [-0.2, 0) is 0 Å². The van der Waals surface area contributed by atoms with E-state index in [1.165, 1.54) is 10.8 Å². The summed E-state index contributed by atoms with van der Waals surface area (Å²) in [7, 11) is 0. The number of fused-ring (bicyclic) bond motifs is 3. The number of benzene rings is 2. The van der Waals surface area contributed by atoms with E-state index < -0.39 is 0 Å². The van der Waals surface area contributed by atoms with Crippen LogP contribution in [0.25, 0.3) is 16.8 Å². The lowest BCUT2D eigenvalue weighted by Gasteiger charge is -2.07. The first-order valence-corrected chi connectivity index (χ1v) is 5.99. The maximum absolute atomic E-state index is 12.1. The first kappa shape index (κ1) is 10.3. The van der Waals surface area contributed by atoms with Crippen LogP contribution >= 0.6 is 0 Å². The molecule has 1 unspecified atom stereocenters. The number of allylic oxidation sites excluding steroid dienone is 1. The minimum absolute atomic E-state index is 0.253. The van der Waals surface area contributed by atoms with Crippen LogP contribution < -0.4 is 0 Å². The summed E-state index contributed by atoms with van der Waals surface area (Å²) >= 11 is 0. The summed E-state index contributed by atoms with van der Waals surface area (Å²) in [6.45, 7) is 2.09. The van der Waals surface area contributed by atoms with Gasteiger partial charge in [-0.1, -0.05) is 55.5 Å². The number of carbonyl (C=O) groups is 1. The molecule has 0 radical (unpaired) electrons. The fourth-order valence-electron chi connectivity index (χ4n) is 2.45. The highest BCUT2D eigenvalue weighted by Crippen LogP contribution is 2.28. The SMILES string of the molecule is CC1C=Cc2c(ccc3ccccc23)C(=O)C1. The number of Topliss-reactive ketones (excluding diaryl/α,β-unsaturated/α-hetero) is 1. The van der Waals surface area contributed by atoms with Crippen molar-refractivity contribution in [2.24, 2.45) is 5.92 Å². The fourth-order valence-corrected chi connectivity index (χ4v) is 2.45. The van der Waals surface area contributed by atoms with E-state index in [-0.39, 0.29) is 5.78 Å². The van der Waals surface area contributed by atoms with Gasteiger partial charge in [-0.3, -0.25) is 4.79 Å². The molecule has 3 rings (SSSR count). The monoisotopic (exact) mass is 222 g/mol. The summed E-state index contributed by atoms with van der Waals surface area (Å²) in [5, 5.41) is 2.36. The van der Waals surface area contributed by atoms with Crippen molar-refractivity contribution in [1.29, 1.82) is 0 Å². The summed E-state index contributed by atoms with van der Waals surface area (Å²) in [6.07, 6.45) is 4.85. The Morgan fingerprint density at radius 3 is 2.82 bits per heavy atom. The molecule has 0 bridgehead atoms. The number of ketones is 1. The minimum atomic E-state index is 0.253. The van der Waals surface area contributed by atoms with E-state index in [1.807, 2.05) is 24.3 Å². The second-order valence-electron chi connectivity index (χ2n) is 4.71. The molecule has 2 aromatic carbocycles. The molecule has 0 aliphatic heterocycles. The average molecular weight is 222 g/mol. The number of rotatable bonds is 0. The van der Waals surface area contributed by atoms with Crippen LogP contribution in [-0.4, -0.2) is 5.78 Å². The predicted octanol–water partition coefficient (Wildman–Crippen LogP) is 4.08. The molecule has 0 fully saturated rings. The van der Waals surface area contributed by atoms with Crippen LogP contribution in [0, 0.1) is 5.92 Å². The lowest BCUT2D eigenvalue weighted by molar-refractivity contribution is 0.0973. The molecular weight excluding hydrogens is 208 g/mol. The molecule has 1 aliphatic rings. The summed E-state index contributed by atoms with van der Waals surface area (Å²) in [4.78, 5) is 12.1. The summed E-state index contributed by atoms with van der Waals surface area (Å²) in [5.74, 6) is 0.580. The zero-order chi connectivity index (χ0) is 11.8. The van der Waals surface area contributed by atoms with Crippen molar-refractivity contribution in [1.82, 2.24) is 0 Å². The first-order valence-electron chi connectivity index (χ1n) is 5.99. The van der Waals surface area contributed by atoms with Crippen LogP contribution in [0.4, 0.5) is 0 Å². The van der Waals surface area contributed by atoms with Crippen molar-refractivity contribution in [3.05, 3.63) is 53.6 Å². The Balaban J connectivity index is 2.35. The Morgan fingerprint density at radius 1 is 1.12 bits per heavy atom. The molecule has 0 N–H and O–H groups in total. The van der Waals surface area contributed by atoms with Crippen molar-refractivity contribution in [3.8, 4) is 0 Å². The highest BCUT2D eigenvalue weighted by molar-refractivity contribution is 6.06. The molecule has 0 saturated heterocycles. The molecule has 1 aliphatic carbocycles. The van der Waals surface area contributed by atoms with Crippen molar-refractivity contribution in [2.75, 3.05) is 0 Å². The Hall–Kier alpha value is -1.89. The first-order chi connectivity index (χ1) is 8.25. The van der Waals surface area contributed by atoms with E-state index in [2.05, 4.69) is 31.2 Å². The van der Waals surface area contributed by atoms with Gasteiger partial charge in [0.2, 0.25) is 0 Å². The highest BCUT2D eigenvalue weighted by Gasteiger charge is 2.17. The van der Waals surface area contributed by atoms with Gasteiger partial charge in [0.15, 0.2) is 5.78 Å². The molecular formula is C16H14O. The topological polar surface area (TPSA) is 17.1 Å². The van der Waals surface area contributed by atoms with Gasteiger partial charge in [-0.15, -0.1) is 0 Å². The van der Waals surface area contributed by atoms with Crippen LogP contribution in [0.2, 0.25) is 0 Å². The standard InChI is InChI=1S/C16H14O/c1-11-6-8-14-13-5-3-2-4-12(13)7-9-15(14)16(17)10-11/h2-9,11H,10H2,1H3. The van der Waals surface area contributed by atoms with E-state index in [1.54, 1.807) is 0 Å². The van der Waals surface area contributed by atoms with Crippen LogP contribution in [0.1, 0.15) is 29.3 Å². The van der Waals surface area contributed by atoms with Crippen molar-refractivity contribution < 1.29 is 4.79 Å². The zero-order valence-electron chi connectivity index (χ0n) is 9.81. The molecule has 0 heterocycles. The van der Waals surface area contributed by atoms with Gasteiger partial charge in [-0.05, 0) is 22.3 Å². The molecule has 1 nitrogen and oxygen atoms in total. The number of carbonyl (C=O) groups excluding carboxylic acids is 1. The van der Waals surface area contributed by atoms with E-state index in [0.29, 0.717) is 12.3 Å². The normalized spacial score (nSPS) is 19.1. The summed E-state index contributed by atoms with van der Waals surface area (Å²) < 4.78 is 0. The minimum Gasteiger partial charge on any atom is -0.294 e. The molecule has 2 aromatic rings. The molecule has 0 aromatic heterocycles. The second-order valence-corrected chi connectivity index (χ2v) is 4.71. The smallest absolute Gasteiger partial charge is 0.164 e. The maximum atomic E-state index is 12.1. The molecule has 0 spiro atoms. The van der Waals surface area contributed by atoms with E-state index >= 15 is 0 Å². The molecule has 84 valence electrons. The van der Waals surface area contributed by atoms with Crippen molar-refractivity contribution >= 4 is 22.6 Å². The highest BCUT2D eigenvalue weighted by atomic mass is 16.1. The van der Waals surface area contributed by atoms with Gasteiger partial charge in [-0.25, -0.2) is 0 Å². The number of hydrogen-bond donors (Lipinski definition) is 0. The fraction of sp³-hybridized carbons (Fsp3) is 0.188. The Labute approximate surface area is 101 Å². The third kappa shape index (κ3) is 1.68. The van der Waals surface area contributed by atoms with Gasteiger partial charge in [-0.2, -0.15) is 0 Å². The molecule has 17 heavy (non-hydrogen) atoms. The van der Waals surface area contributed by atoms with E-state index in [9.17, 15) is 4.79 Å². The van der Waals surface area contributed by atoms with Crippen molar-refractivity contribution in [3.63, 3.8) is 0 Å². The van der Waals surface area contributed by atoms with E-state index in [0.717, 1.165) is 11.1 Å². The third-order valence-electron chi connectivity index (χ3n) is 3.37. The predicted molar refractivity (Wildman–Crippen MR) is 71.1 cm³/mol. The number of hydrogen-bond acceptors (Lipinski definition) is 1. The second kappa shape index (κ2) is 3.85.